The summed E-state index contributed by atoms with van der Waals surface area (Å²) in [6, 6.07) is 3.98. The third kappa shape index (κ3) is 4.20. The van der Waals surface area contributed by atoms with Crippen molar-refractivity contribution in [3.05, 3.63) is 29.6 Å². The van der Waals surface area contributed by atoms with Gasteiger partial charge in [-0.25, -0.2) is 9.18 Å². The number of likely N-dealkylation sites (tertiary alicyclic amines) is 1. The Hall–Kier alpha value is -2.06. The molecule has 0 bridgehead atoms. The predicted molar refractivity (Wildman–Crippen MR) is 81.3 cm³/mol. The SMILES string of the molecule is CC1CCCN(C(=O)Nc2ccc(F)cc2C#CCN)C1. The first kappa shape index (κ1) is 15.3. The molecule has 1 aliphatic heterocycles. The highest BCUT2D eigenvalue weighted by atomic mass is 19.1. The second-order valence-corrected chi connectivity index (χ2v) is 5.32. The quantitative estimate of drug-likeness (QED) is 0.780. The lowest BCUT2D eigenvalue weighted by molar-refractivity contribution is 0.182. The van der Waals surface area contributed by atoms with Gasteiger partial charge in [0.2, 0.25) is 0 Å². The summed E-state index contributed by atoms with van der Waals surface area (Å²) in [4.78, 5) is 14.1. The van der Waals surface area contributed by atoms with Gasteiger partial charge in [0, 0.05) is 13.1 Å². The van der Waals surface area contributed by atoms with Crippen molar-refractivity contribution < 1.29 is 9.18 Å². The van der Waals surface area contributed by atoms with Crippen LogP contribution in [0.1, 0.15) is 25.3 Å². The van der Waals surface area contributed by atoms with Crippen molar-refractivity contribution in [1.82, 2.24) is 4.90 Å². The number of urea groups is 1. The fourth-order valence-corrected chi connectivity index (χ4v) is 2.44. The first-order chi connectivity index (χ1) is 10.1. The number of rotatable bonds is 1. The van der Waals surface area contributed by atoms with Crippen LogP contribution >= 0.6 is 0 Å². The number of anilines is 1. The molecule has 2 rings (SSSR count). The zero-order valence-corrected chi connectivity index (χ0v) is 12.2. The van der Waals surface area contributed by atoms with E-state index in [1.54, 1.807) is 4.90 Å². The van der Waals surface area contributed by atoms with E-state index in [0.29, 0.717) is 17.2 Å². The minimum atomic E-state index is -0.388. The molecule has 1 heterocycles. The Morgan fingerprint density at radius 1 is 1.57 bits per heavy atom. The molecule has 1 atom stereocenters. The van der Waals surface area contributed by atoms with Gasteiger partial charge in [-0.15, -0.1) is 0 Å². The first-order valence-electron chi connectivity index (χ1n) is 7.14. The molecule has 0 saturated carbocycles. The maximum atomic E-state index is 13.3. The molecule has 1 aromatic carbocycles. The van der Waals surface area contributed by atoms with Crippen LogP contribution in [-0.2, 0) is 0 Å². The number of nitrogens with one attached hydrogen (secondary N) is 1. The summed E-state index contributed by atoms with van der Waals surface area (Å²) in [5.41, 5.74) is 6.29. The maximum Gasteiger partial charge on any atom is 0.321 e. The number of carbonyl (C=O) groups is 1. The average Bonchev–Trinajstić information content (AvgIpc) is 2.47. The van der Waals surface area contributed by atoms with Crippen molar-refractivity contribution in [1.29, 1.82) is 0 Å². The van der Waals surface area contributed by atoms with Gasteiger partial charge in [0.25, 0.3) is 0 Å². The molecule has 1 unspecified atom stereocenters. The van der Waals surface area contributed by atoms with E-state index < -0.39 is 0 Å². The van der Waals surface area contributed by atoms with Crippen molar-refractivity contribution in [2.75, 3.05) is 25.0 Å². The summed E-state index contributed by atoms with van der Waals surface area (Å²) >= 11 is 0. The Bertz CT molecular complexity index is 577. The molecule has 0 aliphatic carbocycles. The number of halogens is 1. The lowest BCUT2D eigenvalue weighted by atomic mass is 10.0. The Kier molecular flexibility index (Phi) is 5.18. The molecule has 1 fully saturated rings. The van der Waals surface area contributed by atoms with Crippen molar-refractivity contribution in [2.24, 2.45) is 11.7 Å². The van der Waals surface area contributed by atoms with Crippen LogP contribution in [0.2, 0.25) is 0 Å². The van der Waals surface area contributed by atoms with E-state index >= 15 is 0 Å². The number of piperidine rings is 1. The van der Waals surface area contributed by atoms with Gasteiger partial charge in [-0.3, -0.25) is 0 Å². The molecule has 0 aromatic heterocycles. The van der Waals surface area contributed by atoms with Gasteiger partial charge in [-0.05, 0) is 37.0 Å². The largest absolute Gasteiger partial charge is 0.324 e. The van der Waals surface area contributed by atoms with Gasteiger partial charge in [-0.2, -0.15) is 0 Å². The van der Waals surface area contributed by atoms with E-state index in [1.807, 2.05) is 0 Å². The molecule has 21 heavy (non-hydrogen) atoms. The van der Waals surface area contributed by atoms with Crippen LogP contribution in [0.15, 0.2) is 18.2 Å². The van der Waals surface area contributed by atoms with Gasteiger partial charge in [0.15, 0.2) is 0 Å². The Morgan fingerprint density at radius 2 is 2.38 bits per heavy atom. The van der Waals surface area contributed by atoms with E-state index in [1.165, 1.54) is 18.2 Å². The lowest BCUT2D eigenvalue weighted by Crippen LogP contribution is -2.41. The van der Waals surface area contributed by atoms with E-state index in [4.69, 9.17) is 5.73 Å². The summed E-state index contributed by atoms with van der Waals surface area (Å²) in [6.07, 6.45) is 2.16. The fourth-order valence-electron chi connectivity index (χ4n) is 2.44. The number of nitrogens with zero attached hydrogens (tertiary/aromatic N) is 1. The van der Waals surface area contributed by atoms with Crippen molar-refractivity contribution in [3.63, 3.8) is 0 Å². The third-order valence-corrected chi connectivity index (χ3v) is 3.49. The summed E-state index contributed by atoms with van der Waals surface area (Å²) in [5.74, 6) is 5.58. The summed E-state index contributed by atoms with van der Waals surface area (Å²) in [6.45, 7) is 3.82. The van der Waals surface area contributed by atoms with Crippen LogP contribution in [0.4, 0.5) is 14.9 Å². The Balaban J connectivity index is 2.13. The number of nitrogens with two attached hydrogens (primary N) is 1. The van der Waals surface area contributed by atoms with Gasteiger partial charge in [0.05, 0.1) is 17.8 Å². The average molecular weight is 289 g/mol. The van der Waals surface area contributed by atoms with Crippen molar-refractivity contribution >= 4 is 11.7 Å². The monoisotopic (exact) mass is 289 g/mol. The fraction of sp³-hybridized carbons (Fsp3) is 0.438. The van der Waals surface area contributed by atoms with Crippen LogP contribution in [0.25, 0.3) is 0 Å². The Morgan fingerprint density at radius 3 is 3.10 bits per heavy atom. The van der Waals surface area contributed by atoms with E-state index in [2.05, 4.69) is 24.1 Å². The van der Waals surface area contributed by atoms with Crippen LogP contribution < -0.4 is 11.1 Å². The molecule has 0 spiro atoms. The molecule has 0 radical (unpaired) electrons. The number of hydrogen-bond acceptors (Lipinski definition) is 2. The molecule has 1 saturated heterocycles. The van der Waals surface area contributed by atoms with Crippen LogP contribution in [0.3, 0.4) is 0 Å². The first-order valence-corrected chi connectivity index (χ1v) is 7.14. The number of carbonyl (C=O) groups excluding carboxylic acids is 1. The predicted octanol–water partition coefficient (Wildman–Crippen LogP) is 2.40. The minimum Gasteiger partial charge on any atom is -0.324 e. The molecule has 5 heteroatoms. The molecule has 1 aromatic rings. The molecule has 1 aliphatic rings. The molecular formula is C16H20FN3O. The van der Waals surface area contributed by atoms with Crippen LogP contribution in [-0.4, -0.2) is 30.6 Å². The Labute approximate surface area is 124 Å². The zero-order chi connectivity index (χ0) is 15.2. The van der Waals surface area contributed by atoms with Crippen LogP contribution in [0.5, 0.6) is 0 Å². The smallest absolute Gasteiger partial charge is 0.321 e. The summed E-state index contributed by atoms with van der Waals surface area (Å²) in [7, 11) is 0. The van der Waals surface area contributed by atoms with Crippen molar-refractivity contribution in [2.45, 2.75) is 19.8 Å². The van der Waals surface area contributed by atoms with E-state index in [0.717, 1.165) is 25.9 Å². The second kappa shape index (κ2) is 7.09. The molecule has 4 nitrogen and oxygen atoms in total. The normalized spacial score (nSPS) is 17.9. The van der Waals surface area contributed by atoms with E-state index in [9.17, 15) is 9.18 Å². The molecule has 3 N–H and O–H groups in total. The minimum absolute atomic E-state index is 0.163. The molecule has 112 valence electrons. The zero-order valence-electron chi connectivity index (χ0n) is 12.2. The maximum absolute atomic E-state index is 13.3. The van der Waals surface area contributed by atoms with Gasteiger partial charge < -0.3 is 16.0 Å². The second-order valence-electron chi connectivity index (χ2n) is 5.32. The molecular weight excluding hydrogens is 269 g/mol. The standard InChI is InChI=1S/C16H20FN3O/c1-12-4-3-9-20(11-12)16(21)19-15-7-6-14(17)10-13(15)5-2-8-18/h6-7,10,12H,3-4,8-9,11,18H2,1H3,(H,19,21). The summed E-state index contributed by atoms with van der Waals surface area (Å²) in [5, 5.41) is 2.81. The summed E-state index contributed by atoms with van der Waals surface area (Å²) < 4.78 is 13.3. The molecule has 2 amide bonds. The lowest BCUT2D eigenvalue weighted by Gasteiger charge is -2.31. The highest BCUT2D eigenvalue weighted by molar-refractivity contribution is 5.91. The van der Waals surface area contributed by atoms with Gasteiger partial charge in [0.1, 0.15) is 5.82 Å². The number of amides is 2. The number of hydrogen-bond donors (Lipinski definition) is 2. The number of benzene rings is 1. The highest BCUT2D eigenvalue weighted by Crippen LogP contribution is 2.19. The van der Waals surface area contributed by atoms with Gasteiger partial charge >= 0.3 is 6.03 Å². The third-order valence-electron chi connectivity index (χ3n) is 3.49. The highest BCUT2D eigenvalue weighted by Gasteiger charge is 2.21. The van der Waals surface area contributed by atoms with E-state index in [-0.39, 0.29) is 18.4 Å². The van der Waals surface area contributed by atoms with Crippen molar-refractivity contribution in [3.8, 4) is 11.8 Å². The topological polar surface area (TPSA) is 58.4 Å². The van der Waals surface area contributed by atoms with Crippen LogP contribution in [0, 0.1) is 23.6 Å². The van der Waals surface area contributed by atoms with Gasteiger partial charge in [-0.1, -0.05) is 18.8 Å².